The smallest absolute Gasteiger partial charge is 0.148 e. The average Bonchev–Trinajstić information content (AvgIpc) is 2.51. The summed E-state index contributed by atoms with van der Waals surface area (Å²) in [6.45, 7) is 7.44. The molecule has 0 aliphatic carbocycles. The SMILES string of the molecule is Cc1c(NN)ncnc1N1CCCN(C)CC1C. The van der Waals surface area contributed by atoms with Gasteiger partial charge in [0.05, 0.1) is 0 Å². The zero-order valence-electron chi connectivity index (χ0n) is 11.3. The van der Waals surface area contributed by atoms with Crippen LogP contribution in [0, 0.1) is 6.92 Å². The van der Waals surface area contributed by atoms with Crippen molar-refractivity contribution >= 4 is 11.6 Å². The van der Waals surface area contributed by atoms with Crippen molar-refractivity contribution in [2.45, 2.75) is 26.3 Å². The Morgan fingerprint density at radius 3 is 2.89 bits per heavy atom. The third-order valence-corrected chi connectivity index (χ3v) is 3.51. The number of rotatable bonds is 2. The van der Waals surface area contributed by atoms with Crippen molar-refractivity contribution in [2.75, 3.05) is 37.0 Å². The number of hydrogen-bond acceptors (Lipinski definition) is 6. The average molecular weight is 250 g/mol. The van der Waals surface area contributed by atoms with E-state index in [1.165, 1.54) is 0 Å². The summed E-state index contributed by atoms with van der Waals surface area (Å²) >= 11 is 0. The van der Waals surface area contributed by atoms with Crippen LogP contribution in [0.1, 0.15) is 18.9 Å². The first-order valence-corrected chi connectivity index (χ1v) is 6.37. The molecular formula is C12H22N6. The number of nitrogens with zero attached hydrogens (tertiary/aromatic N) is 4. The Morgan fingerprint density at radius 2 is 2.17 bits per heavy atom. The van der Waals surface area contributed by atoms with Crippen molar-refractivity contribution < 1.29 is 0 Å². The van der Waals surface area contributed by atoms with Gasteiger partial charge in [-0.2, -0.15) is 0 Å². The van der Waals surface area contributed by atoms with E-state index in [1.807, 2.05) is 6.92 Å². The summed E-state index contributed by atoms with van der Waals surface area (Å²) in [7, 11) is 2.17. The zero-order chi connectivity index (χ0) is 13.1. The fourth-order valence-corrected chi connectivity index (χ4v) is 2.56. The van der Waals surface area contributed by atoms with Gasteiger partial charge in [0.15, 0.2) is 0 Å². The van der Waals surface area contributed by atoms with Gasteiger partial charge >= 0.3 is 0 Å². The fourth-order valence-electron chi connectivity index (χ4n) is 2.56. The number of hydrazine groups is 1. The molecule has 3 N–H and O–H groups in total. The van der Waals surface area contributed by atoms with Crippen molar-refractivity contribution in [2.24, 2.45) is 5.84 Å². The van der Waals surface area contributed by atoms with E-state index in [0.717, 1.165) is 37.4 Å². The summed E-state index contributed by atoms with van der Waals surface area (Å²) in [5, 5.41) is 0. The summed E-state index contributed by atoms with van der Waals surface area (Å²) in [4.78, 5) is 13.3. The maximum absolute atomic E-state index is 5.47. The maximum Gasteiger partial charge on any atom is 0.148 e. The van der Waals surface area contributed by atoms with Gasteiger partial charge in [0.2, 0.25) is 0 Å². The van der Waals surface area contributed by atoms with Crippen LogP contribution in [0.4, 0.5) is 11.6 Å². The molecule has 0 saturated carbocycles. The molecule has 6 nitrogen and oxygen atoms in total. The standard InChI is InChI=1S/C12H22N6/c1-9-7-17(3)5-4-6-18(9)12-10(2)11(16-13)14-8-15-12/h8-9H,4-7,13H2,1-3H3,(H,14,15,16). The lowest BCUT2D eigenvalue weighted by atomic mass is 10.2. The predicted molar refractivity (Wildman–Crippen MR) is 73.5 cm³/mol. The lowest BCUT2D eigenvalue weighted by molar-refractivity contribution is 0.337. The Hall–Kier alpha value is -1.40. The topological polar surface area (TPSA) is 70.3 Å². The molecule has 0 bridgehead atoms. The van der Waals surface area contributed by atoms with Crippen molar-refractivity contribution in [3.05, 3.63) is 11.9 Å². The van der Waals surface area contributed by atoms with E-state index in [4.69, 9.17) is 5.84 Å². The van der Waals surface area contributed by atoms with Crippen LogP contribution in [-0.2, 0) is 0 Å². The third kappa shape index (κ3) is 2.54. The Morgan fingerprint density at radius 1 is 1.39 bits per heavy atom. The Balaban J connectivity index is 2.29. The monoisotopic (exact) mass is 250 g/mol. The molecule has 1 aliphatic rings. The van der Waals surface area contributed by atoms with Gasteiger partial charge in [-0.25, -0.2) is 15.8 Å². The molecule has 0 amide bonds. The van der Waals surface area contributed by atoms with E-state index < -0.39 is 0 Å². The van der Waals surface area contributed by atoms with Gasteiger partial charge in [-0.15, -0.1) is 0 Å². The van der Waals surface area contributed by atoms with Gasteiger partial charge in [0, 0.05) is 24.7 Å². The quantitative estimate of drug-likeness (QED) is 0.592. The minimum Gasteiger partial charge on any atom is -0.352 e. The van der Waals surface area contributed by atoms with E-state index >= 15 is 0 Å². The molecule has 6 heteroatoms. The van der Waals surface area contributed by atoms with Crippen LogP contribution in [-0.4, -0.2) is 47.6 Å². The molecule has 0 radical (unpaired) electrons. The largest absolute Gasteiger partial charge is 0.352 e. The highest BCUT2D eigenvalue weighted by Crippen LogP contribution is 2.24. The summed E-state index contributed by atoms with van der Waals surface area (Å²) < 4.78 is 0. The first-order valence-electron chi connectivity index (χ1n) is 6.37. The van der Waals surface area contributed by atoms with Crippen molar-refractivity contribution in [3.8, 4) is 0 Å². The molecule has 1 unspecified atom stereocenters. The predicted octanol–water partition coefficient (Wildman–Crippen LogP) is 0.601. The summed E-state index contributed by atoms with van der Waals surface area (Å²) in [5.41, 5.74) is 3.64. The van der Waals surface area contributed by atoms with Crippen LogP contribution >= 0.6 is 0 Å². The van der Waals surface area contributed by atoms with Crippen LogP contribution < -0.4 is 16.2 Å². The van der Waals surface area contributed by atoms with Gasteiger partial charge in [-0.3, -0.25) is 0 Å². The van der Waals surface area contributed by atoms with Crippen molar-refractivity contribution in [1.82, 2.24) is 14.9 Å². The molecular weight excluding hydrogens is 228 g/mol. The van der Waals surface area contributed by atoms with E-state index in [1.54, 1.807) is 6.33 Å². The van der Waals surface area contributed by atoms with E-state index in [0.29, 0.717) is 11.9 Å². The molecule has 1 aromatic heterocycles. The Labute approximate surface area is 108 Å². The van der Waals surface area contributed by atoms with Crippen LogP contribution in [0.5, 0.6) is 0 Å². The van der Waals surface area contributed by atoms with E-state index in [9.17, 15) is 0 Å². The second-order valence-corrected chi connectivity index (χ2v) is 4.97. The number of hydrogen-bond donors (Lipinski definition) is 2. The minimum absolute atomic E-state index is 0.441. The highest BCUT2D eigenvalue weighted by molar-refractivity contribution is 5.57. The van der Waals surface area contributed by atoms with E-state index in [-0.39, 0.29) is 0 Å². The first-order chi connectivity index (χ1) is 8.63. The van der Waals surface area contributed by atoms with Crippen LogP contribution in [0.15, 0.2) is 6.33 Å². The van der Waals surface area contributed by atoms with Gasteiger partial charge in [-0.05, 0) is 33.9 Å². The third-order valence-electron chi connectivity index (χ3n) is 3.51. The molecule has 18 heavy (non-hydrogen) atoms. The molecule has 100 valence electrons. The fraction of sp³-hybridized carbons (Fsp3) is 0.667. The first kappa shape index (κ1) is 13.0. The van der Waals surface area contributed by atoms with Crippen molar-refractivity contribution in [3.63, 3.8) is 0 Å². The highest BCUT2D eigenvalue weighted by Gasteiger charge is 2.23. The molecule has 1 atom stereocenters. The molecule has 1 aromatic rings. The number of aromatic nitrogens is 2. The number of nitrogen functional groups attached to an aromatic ring is 1. The van der Waals surface area contributed by atoms with Gasteiger partial charge in [0.1, 0.15) is 18.0 Å². The lowest BCUT2D eigenvalue weighted by Gasteiger charge is -2.30. The lowest BCUT2D eigenvalue weighted by Crippen LogP contribution is -2.39. The highest BCUT2D eigenvalue weighted by atomic mass is 15.3. The molecule has 2 rings (SSSR count). The normalized spacial score (nSPS) is 21.8. The molecule has 1 saturated heterocycles. The second-order valence-electron chi connectivity index (χ2n) is 4.97. The maximum atomic E-state index is 5.47. The van der Waals surface area contributed by atoms with Gasteiger partial charge in [0.25, 0.3) is 0 Å². The van der Waals surface area contributed by atoms with Crippen LogP contribution in [0.25, 0.3) is 0 Å². The molecule has 0 aromatic carbocycles. The number of likely N-dealkylation sites (N-methyl/N-ethyl adjacent to an activating group) is 1. The Bertz CT molecular complexity index is 408. The summed E-state index contributed by atoms with van der Waals surface area (Å²) in [5.74, 6) is 7.16. The Kier molecular flexibility index (Phi) is 3.98. The van der Waals surface area contributed by atoms with Gasteiger partial charge < -0.3 is 15.2 Å². The van der Waals surface area contributed by atoms with Crippen molar-refractivity contribution in [1.29, 1.82) is 0 Å². The molecule has 0 spiro atoms. The summed E-state index contributed by atoms with van der Waals surface area (Å²) in [6.07, 6.45) is 2.72. The minimum atomic E-state index is 0.441. The van der Waals surface area contributed by atoms with Gasteiger partial charge in [-0.1, -0.05) is 0 Å². The number of anilines is 2. The molecule has 2 heterocycles. The molecule has 1 aliphatic heterocycles. The molecule has 1 fully saturated rings. The summed E-state index contributed by atoms with van der Waals surface area (Å²) in [6, 6.07) is 0.441. The second kappa shape index (κ2) is 5.49. The van der Waals surface area contributed by atoms with Crippen LogP contribution in [0.3, 0.4) is 0 Å². The number of nitrogens with two attached hydrogens (primary N) is 1. The van der Waals surface area contributed by atoms with E-state index in [2.05, 4.69) is 39.2 Å². The zero-order valence-corrected chi connectivity index (χ0v) is 11.3. The number of nitrogens with one attached hydrogen (secondary N) is 1. The van der Waals surface area contributed by atoms with Crippen LogP contribution in [0.2, 0.25) is 0 Å².